The normalized spacial score (nSPS) is 14.1. The molecule has 0 saturated heterocycles. The van der Waals surface area contributed by atoms with Gasteiger partial charge in [-0.1, -0.05) is 25.8 Å². The molecule has 0 saturated carbocycles. The molecule has 0 aliphatic carbocycles. The van der Waals surface area contributed by atoms with Crippen molar-refractivity contribution in [2.45, 2.75) is 78.2 Å². The Morgan fingerprint density at radius 2 is 1.95 bits per heavy atom. The van der Waals surface area contributed by atoms with Gasteiger partial charge in [0.25, 0.3) is 0 Å². The van der Waals surface area contributed by atoms with Crippen molar-refractivity contribution in [1.29, 1.82) is 0 Å². The van der Waals surface area contributed by atoms with Crippen molar-refractivity contribution in [1.82, 2.24) is 4.98 Å². The summed E-state index contributed by atoms with van der Waals surface area (Å²) in [5, 5.41) is 9.14. The van der Waals surface area contributed by atoms with Crippen LogP contribution in [0.3, 0.4) is 0 Å². The molecule has 0 aromatic carbocycles. The van der Waals surface area contributed by atoms with Gasteiger partial charge in [0.1, 0.15) is 0 Å². The molecule has 0 amide bonds. The number of aliphatic hydroxyl groups excluding tert-OH is 1. The lowest BCUT2D eigenvalue weighted by atomic mass is 10.2. The van der Waals surface area contributed by atoms with E-state index in [0.717, 1.165) is 17.3 Å². The molecule has 0 radical (unpaired) electrons. The van der Waals surface area contributed by atoms with Crippen molar-refractivity contribution in [2.75, 3.05) is 0 Å². The molecule has 0 fully saturated rings. The first-order valence-electron chi connectivity index (χ1n) is 8.08. The molecule has 1 unspecified atom stereocenters. The van der Waals surface area contributed by atoms with E-state index < -0.39 is 14.6 Å². The molecule has 1 heterocycles. The van der Waals surface area contributed by atoms with Crippen LogP contribution >= 0.6 is 0 Å². The van der Waals surface area contributed by atoms with Gasteiger partial charge in [-0.2, -0.15) is 0 Å². The number of ether oxygens (including phenoxy) is 1. The number of unbranched alkanes of at least 4 members (excludes halogenated alkanes) is 1. The topological polar surface area (TPSA) is 51.6 Å². The van der Waals surface area contributed by atoms with E-state index in [1.54, 1.807) is 6.20 Å². The molecule has 4 nitrogen and oxygen atoms in total. The van der Waals surface area contributed by atoms with Crippen molar-refractivity contribution in [2.24, 2.45) is 0 Å². The Morgan fingerprint density at radius 3 is 2.41 bits per heavy atom. The molecule has 22 heavy (non-hydrogen) atoms. The van der Waals surface area contributed by atoms with Gasteiger partial charge in [-0.15, -0.1) is 0 Å². The van der Waals surface area contributed by atoms with Gasteiger partial charge in [0, 0.05) is 6.20 Å². The highest BCUT2D eigenvalue weighted by molar-refractivity contribution is 6.71. The molecule has 1 atom stereocenters. The Labute approximate surface area is 136 Å². The zero-order chi connectivity index (χ0) is 16.8. The Bertz CT molecular complexity index is 440. The van der Waals surface area contributed by atoms with Crippen LogP contribution in [0, 0.1) is 0 Å². The van der Waals surface area contributed by atoms with Gasteiger partial charge in [-0.05, 0) is 51.5 Å². The number of hydrogen-bond acceptors (Lipinski definition) is 4. The SMILES string of the molecule is CCCC[Si](C)(C)OC(OC(C)(C)C)c1ccc(CO)cn1. The number of aromatic nitrogens is 1. The largest absolute Gasteiger partial charge is 0.392 e. The van der Waals surface area contributed by atoms with E-state index >= 15 is 0 Å². The summed E-state index contributed by atoms with van der Waals surface area (Å²) in [7, 11) is -1.81. The molecule has 1 aromatic heterocycles. The monoisotopic (exact) mass is 325 g/mol. The van der Waals surface area contributed by atoms with Gasteiger partial charge in [-0.3, -0.25) is 4.98 Å². The van der Waals surface area contributed by atoms with E-state index in [4.69, 9.17) is 14.3 Å². The lowest BCUT2D eigenvalue weighted by Gasteiger charge is -2.33. The second-order valence-corrected chi connectivity index (χ2v) is 11.5. The lowest BCUT2D eigenvalue weighted by molar-refractivity contribution is -0.161. The highest BCUT2D eigenvalue weighted by atomic mass is 28.4. The second-order valence-electron chi connectivity index (χ2n) is 7.29. The van der Waals surface area contributed by atoms with Crippen LogP contribution in [0.15, 0.2) is 18.3 Å². The van der Waals surface area contributed by atoms with Crippen LogP contribution < -0.4 is 0 Å². The third-order valence-corrected chi connectivity index (χ3v) is 5.70. The Hall–Kier alpha value is -0.753. The van der Waals surface area contributed by atoms with Crippen LogP contribution in [0.5, 0.6) is 0 Å². The summed E-state index contributed by atoms with van der Waals surface area (Å²) in [5.41, 5.74) is 1.25. The van der Waals surface area contributed by atoms with Gasteiger partial charge < -0.3 is 14.3 Å². The molecule has 1 aromatic rings. The first kappa shape index (κ1) is 19.3. The predicted octanol–water partition coefficient (Wildman–Crippen LogP) is 4.41. The van der Waals surface area contributed by atoms with E-state index in [9.17, 15) is 0 Å². The molecule has 5 heteroatoms. The first-order valence-corrected chi connectivity index (χ1v) is 11.2. The maximum absolute atomic E-state index is 9.14. The Kier molecular flexibility index (Phi) is 7.19. The Morgan fingerprint density at radius 1 is 1.27 bits per heavy atom. The second kappa shape index (κ2) is 8.20. The standard InChI is InChI=1S/C17H31NO3Si/c1-7-8-11-22(5,6)21-16(20-17(2,3)4)15-10-9-14(13-19)12-18-15/h9-10,12,16,19H,7-8,11,13H2,1-6H3. The minimum absolute atomic E-state index is 0.00429. The maximum atomic E-state index is 9.14. The fourth-order valence-electron chi connectivity index (χ4n) is 2.09. The molecular weight excluding hydrogens is 294 g/mol. The molecule has 0 bridgehead atoms. The summed E-state index contributed by atoms with van der Waals surface area (Å²) in [4.78, 5) is 4.41. The number of aliphatic hydroxyl groups is 1. The molecule has 0 aliphatic rings. The van der Waals surface area contributed by atoms with Crippen LogP contribution in [0.1, 0.15) is 58.1 Å². The molecule has 126 valence electrons. The fourth-order valence-corrected chi connectivity index (χ4v) is 4.16. The summed E-state index contributed by atoms with van der Waals surface area (Å²) in [6, 6.07) is 4.86. The molecular formula is C17H31NO3Si. The van der Waals surface area contributed by atoms with Crippen LogP contribution in [0.25, 0.3) is 0 Å². The fraction of sp³-hybridized carbons (Fsp3) is 0.706. The first-order chi connectivity index (χ1) is 10.2. The van der Waals surface area contributed by atoms with Gasteiger partial charge in [0.2, 0.25) is 0 Å². The zero-order valence-corrected chi connectivity index (χ0v) is 15.8. The van der Waals surface area contributed by atoms with Gasteiger partial charge in [0.05, 0.1) is 17.9 Å². The zero-order valence-electron chi connectivity index (χ0n) is 14.8. The molecule has 1 N–H and O–H groups in total. The predicted molar refractivity (Wildman–Crippen MR) is 92.0 cm³/mol. The lowest BCUT2D eigenvalue weighted by Crippen LogP contribution is -2.36. The third kappa shape index (κ3) is 7.00. The third-order valence-electron chi connectivity index (χ3n) is 3.29. The van der Waals surface area contributed by atoms with E-state index in [1.807, 2.05) is 32.9 Å². The number of rotatable bonds is 8. The molecule has 0 aliphatic heterocycles. The van der Waals surface area contributed by atoms with Gasteiger partial charge in [-0.25, -0.2) is 0 Å². The quantitative estimate of drug-likeness (QED) is 0.568. The summed E-state index contributed by atoms with van der Waals surface area (Å²) < 4.78 is 12.5. The van der Waals surface area contributed by atoms with Crippen LogP contribution in [-0.2, 0) is 15.8 Å². The van der Waals surface area contributed by atoms with E-state index in [0.29, 0.717) is 0 Å². The summed E-state index contributed by atoms with van der Waals surface area (Å²) in [6.45, 7) is 12.7. The number of nitrogens with zero attached hydrogens (tertiary/aromatic N) is 1. The van der Waals surface area contributed by atoms with Crippen molar-refractivity contribution in [3.63, 3.8) is 0 Å². The van der Waals surface area contributed by atoms with E-state index in [2.05, 4.69) is 25.0 Å². The average molecular weight is 326 g/mol. The van der Waals surface area contributed by atoms with Gasteiger partial charge >= 0.3 is 0 Å². The van der Waals surface area contributed by atoms with Crippen LogP contribution in [0.4, 0.5) is 0 Å². The minimum Gasteiger partial charge on any atom is -0.392 e. The molecule has 1 rings (SSSR count). The number of hydrogen-bond donors (Lipinski definition) is 1. The summed E-state index contributed by atoms with van der Waals surface area (Å²) in [6.07, 6.45) is 3.58. The van der Waals surface area contributed by atoms with Gasteiger partial charge in [0.15, 0.2) is 14.6 Å². The minimum atomic E-state index is -1.81. The average Bonchev–Trinajstić information content (AvgIpc) is 2.43. The van der Waals surface area contributed by atoms with E-state index in [1.165, 1.54) is 12.8 Å². The van der Waals surface area contributed by atoms with Crippen molar-refractivity contribution in [3.8, 4) is 0 Å². The highest BCUT2D eigenvalue weighted by Gasteiger charge is 2.30. The van der Waals surface area contributed by atoms with E-state index in [-0.39, 0.29) is 12.2 Å². The summed E-state index contributed by atoms with van der Waals surface area (Å²) >= 11 is 0. The highest BCUT2D eigenvalue weighted by Crippen LogP contribution is 2.29. The Balaban J connectivity index is 2.91. The molecule has 0 spiro atoms. The maximum Gasteiger partial charge on any atom is 0.192 e. The van der Waals surface area contributed by atoms with Crippen LogP contribution in [0.2, 0.25) is 19.1 Å². The van der Waals surface area contributed by atoms with Crippen molar-refractivity contribution < 1.29 is 14.3 Å². The number of pyridine rings is 1. The van der Waals surface area contributed by atoms with Crippen molar-refractivity contribution in [3.05, 3.63) is 29.6 Å². The van der Waals surface area contributed by atoms with Crippen LogP contribution in [-0.4, -0.2) is 24.0 Å². The summed E-state index contributed by atoms with van der Waals surface area (Å²) in [5.74, 6) is 0. The van der Waals surface area contributed by atoms with Crippen molar-refractivity contribution >= 4 is 8.32 Å². The smallest absolute Gasteiger partial charge is 0.192 e.